The first-order valence-corrected chi connectivity index (χ1v) is 13.8. The number of hydrogen-bond donors (Lipinski definition) is 3. The number of β-amino-alcohol motifs (C(OH)–C–C–N with tert-alkyl or cyclic N) is 1. The number of aliphatic hydroxyl groups is 1. The number of rotatable bonds is 9. The topological polar surface area (TPSA) is 129 Å². The molecule has 3 N–H and O–H groups in total. The number of hydrogen-bond acceptors (Lipinski definition) is 9. The Morgan fingerprint density at radius 3 is 2.61 bits per heavy atom. The summed E-state index contributed by atoms with van der Waals surface area (Å²) in [5.74, 6) is -3.31. The van der Waals surface area contributed by atoms with Gasteiger partial charge >= 0.3 is 6.18 Å². The van der Waals surface area contributed by atoms with Gasteiger partial charge in [-0.1, -0.05) is 12.1 Å². The predicted octanol–water partition coefficient (Wildman–Crippen LogP) is 3.95. The molecule has 2 aliphatic rings. The van der Waals surface area contributed by atoms with Crippen LogP contribution in [-0.4, -0.2) is 83.1 Å². The van der Waals surface area contributed by atoms with Gasteiger partial charge in [0.05, 0.1) is 30.5 Å². The minimum atomic E-state index is -4.89. The first-order chi connectivity index (χ1) is 21.0. The van der Waals surface area contributed by atoms with Crippen LogP contribution in [0.1, 0.15) is 44.7 Å². The van der Waals surface area contributed by atoms with E-state index in [-0.39, 0.29) is 53.5 Å². The van der Waals surface area contributed by atoms with Crippen molar-refractivity contribution < 1.29 is 41.7 Å². The molecule has 3 aromatic rings. The zero-order valence-electron chi connectivity index (χ0n) is 23.9. The number of benzene rings is 2. The smallest absolute Gasteiger partial charge is 0.423 e. The normalized spacial score (nSPS) is 15.7. The molecule has 44 heavy (non-hydrogen) atoms. The number of carbonyl (C=O) groups is 2. The molecule has 1 fully saturated rings. The van der Waals surface area contributed by atoms with Crippen molar-refractivity contribution in [1.29, 1.82) is 0 Å². The highest BCUT2D eigenvalue weighted by Crippen LogP contribution is 2.40. The molecule has 234 valence electrons. The molecule has 1 aromatic heterocycles. The second-order valence-electron chi connectivity index (χ2n) is 10.4. The van der Waals surface area contributed by atoms with Crippen molar-refractivity contribution in [2.24, 2.45) is 0 Å². The van der Waals surface area contributed by atoms with Crippen LogP contribution in [0.25, 0.3) is 0 Å². The standard InChI is InChI=1S/C29H30F4N6O5/c1-38-15-16-4-3-5-22(24(16)27(38)42)44-26-19(29(31,32)33)14-34-28(37-26)36-21-13-20(30)18(12-23(21)43-2)25(41)35-17-6-8-39(9-7-17)10-11-40/h3-5,12-14,17,40H,6-11,15H2,1-2H3,(H,35,41)(H,34,36,37). The Morgan fingerprint density at radius 2 is 1.93 bits per heavy atom. The third kappa shape index (κ3) is 6.53. The number of alkyl halides is 3. The van der Waals surface area contributed by atoms with Crippen LogP contribution in [0.5, 0.6) is 17.4 Å². The van der Waals surface area contributed by atoms with Crippen LogP contribution < -0.4 is 20.1 Å². The number of nitrogens with one attached hydrogen (secondary N) is 2. The van der Waals surface area contributed by atoms with Crippen LogP contribution in [0.2, 0.25) is 0 Å². The third-order valence-corrected chi connectivity index (χ3v) is 7.47. The SMILES string of the molecule is COc1cc(C(=O)NC2CCN(CCO)CC2)c(F)cc1Nc1ncc(C(F)(F)F)c(Oc2cccc3c2C(=O)N(C)C3)n1. The first kappa shape index (κ1) is 30.9. The minimum absolute atomic E-state index is 0.00907. The second kappa shape index (κ2) is 12.6. The van der Waals surface area contributed by atoms with Gasteiger partial charge in [0.2, 0.25) is 11.8 Å². The molecule has 3 heterocycles. The summed E-state index contributed by atoms with van der Waals surface area (Å²) in [5.41, 5.74) is -0.902. The van der Waals surface area contributed by atoms with Crippen molar-refractivity contribution in [3.8, 4) is 17.4 Å². The van der Waals surface area contributed by atoms with E-state index in [9.17, 15) is 22.8 Å². The number of piperidine rings is 1. The van der Waals surface area contributed by atoms with Gasteiger partial charge in [0.25, 0.3) is 11.8 Å². The molecular formula is C29H30F4N6O5. The van der Waals surface area contributed by atoms with E-state index in [1.54, 1.807) is 19.2 Å². The zero-order chi connectivity index (χ0) is 31.6. The van der Waals surface area contributed by atoms with E-state index in [0.29, 0.717) is 44.2 Å². The molecule has 0 bridgehead atoms. The third-order valence-electron chi connectivity index (χ3n) is 7.47. The number of aromatic nitrogens is 2. The molecule has 5 rings (SSSR count). The molecule has 1 saturated heterocycles. The predicted molar refractivity (Wildman–Crippen MR) is 150 cm³/mol. The lowest BCUT2D eigenvalue weighted by Crippen LogP contribution is -2.45. The average molecular weight is 619 g/mol. The van der Waals surface area contributed by atoms with Crippen molar-refractivity contribution in [2.75, 3.05) is 45.7 Å². The number of nitrogens with zero attached hydrogens (tertiary/aromatic N) is 4. The number of likely N-dealkylation sites (tertiary alicyclic amines) is 1. The van der Waals surface area contributed by atoms with Gasteiger partial charge < -0.3 is 35.0 Å². The van der Waals surface area contributed by atoms with Crippen molar-refractivity contribution in [1.82, 2.24) is 25.1 Å². The molecule has 0 radical (unpaired) electrons. The monoisotopic (exact) mass is 618 g/mol. The van der Waals surface area contributed by atoms with Gasteiger partial charge in [0, 0.05) is 51.5 Å². The number of ether oxygens (including phenoxy) is 2. The highest BCUT2D eigenvalue weighted by Gasteiger charge is 2.38. The molecule has 2 aliphatic heterocycles. The Hall–Kier alpha value is -4.50. The van der Waals surface area contributed by atoms with Crippen LogP contribution in [0.3, 0.4) is 0 Å². The highest BCUT2D eigenvalue weighted by molar-refractivity contribution is 6.01. The van der Waals surface area contributed by atoms with Crippen molar-refractivity contribution >= 4 is 23.5 Å². The van der Waals surface area contributed by atoms with Crippen LogP contribution in [0, 0.1) is 5.82 Å². The number of halogens is 4. The largest absolute Gasteiger partial charge is 0.495 e. The minimum Gasteiger partial charge on any atom is -0.495 e. The van der Waals surface area contributed by atoms with Crippen LogP contribution in [-0.2, 0) is 12.7 Å². The molecule has 11 nitrogen and oxygen atoms in total. The van der Waals surface area contributed by atoms with E-state index >= 15 is 4.39 Å². The summed E-state index contributed by atoms with van der Waals surface area (Å²) in [6.07, 6.45) is -3.11. The van der Waals surface area contributed by atoms with Crippen molar-refractivity contribution in [2.45, 2.75) is 31.6 Å². The van der Waals surface area contributed by atoms with E-state index in [0.717, 1.165) is 6.07 Å². The van der Waals surface area contributed by atoms with Gasteiger partial charge in [-0.2, -0.15) is 18.2 Å². The van der Waals surface area contributed by atoms with Gasteiger partial charge in [-0.15, -0.1) is 0 Å². The fraction of sp³-hybridized carbons (Fsp3) is 0.379. The Balaban J connectivity index is 1.38. The Kier molecular flexibility index (Phi) is 8.87. The molecule has 0 unspecified atom stereocenters. The number of carbonyl (C=O) groups excluding carboxylic acids is 2. The van der Waals surface area contributed by atoms with Gasteiger partial charge in [-0.25, -0.2) is 9.37 Å². The summed E-state index contributed by atoms with van der Waals surface area (Å²) in [5, 5.41) is 14.5. The highest BCUT2D eigenvalue weighted by atomic mass is 19.4. The summed E-state index contributed by atoms with van der Waals surface area (Å²) in [4.78, 5) is 36.6. The first-order valence-electron chi connectivity index (χ1n) is 13.8. The maximum atomic E-state index is 15.2. The lowest BCUT2D eigenvalue weighted by atomic mass is 10.0. The number of methoxy groups -OCH3 is 1. The molecular weight excluding hydrogens is 588 g/mol. The van der Waals surface area contributed by atoms with E-state index in [4.69, 9.17) is 14.6 Å². The lowest BCUT2D eigenvalue weighted by Gasteiger charge is -2.31. The number of fused-ring (bicyclic) bond motifs is 1. The Morgan fingerprint density at radius 1 is 1.18 bits per heavy atom. The summed E-state index contributed by atoms with van der Waals surface area (Å²) in [6, 6.07) is 6.54. The molecule has 0 spiro atoms. The van der Waals surface area contributed by atoms with Crippen molar-refractivity contribution in [3.63, 3.8) is 0 Å². The summed E-state index contributed by atoms with van der Waals surface area (Å²) >= 11 is 0. The van der Waals surface area contributed by atoms with Crippen LogP contribution in [0.4, 0.5) is 29.2 Å². The van der Waals surface area contributed by atoms with E-state index in [1.165, 1.54) is 24.1 Å². The van der Waals surface area contributed by atoms with Crippen LogP contribution >= 0.6 is 0 Å². The molecule has 0 saturated carbocycles. The molecule has 2 aromatic carbocycles. The zero-order valence-corrected chi connectivity index (χ0v) is 23.9. The van der Waals surface area contributed by atoms with E-state index in [1.807, 2.05) is 0 Å². The van der Waals surface area contributed by atoms with E-state index in [2.05, 4.69) is 25.5 Å². The summed E-state index contributed by atoms with van der Waals surface area (Å²) < 4.78 is 67.6. The molecule has 0 atom stereocenters. The molecule has 0 aliphatic carbocycles. The van der Waals surface area contributed by atoms with Gasteiger partial charge in [-0.3, -0.25) is 9.59 Å². The van der Waals surface area contributed by atoms with Gasteiger partial charge in [0.1, 0.15) is 22.9 Å². The summed E-state index contributed by atoms with van der Waals surface area (Å²) in [7, 11) is 2.84. The summed E-state index contributed by atoms with van der Waals surface area (Å²) in [6.45, 7) is 2.22. The fourth-order valence-electron chi connectivity index (χ4n) is 5.18. The maximum Gasteiger partial charge on any atom is 0.423 e. The Labute approximate surface area is 249 Å². The number of amides is 2. The van der Waals surface area contributed by atoms with Gasteiger partial charge in [0.15, 0.2) is 0 Å². The maximum absolute atomic E-state index is 15.2. The Bertz CT molecular complexity index is 1560. The number of aliphatic hydroxyl groups excluding tert-OH is 1. The quantitative estimate of drug-likeness (QED) is 0.306. The van der Waals surface area contributed by atoms with Crippen molar-refractivity contribution in [3.05, 3.63) is 64.6 Å². The molecule has 2 amide bonds. The second-order valence-corrected chi connectivity index (χ2v) is 10.4. The molecule has 15 heteroatoms. The van der Waals surface area contributed by atoms with Gasteiger partial charge in [-0.05, 0) is 30.5 Å². The van der Waals surface area contributed by atoms with Crippen LogP contribution in [0.15, 0.2) is 36.5 Å². The number of anilines is 2. The lowest BCUT2D eigenvalue weighted by molar-refractivity contribution is -0.139. The fourth-order valence-corrected chi connectivity index (χ4v) is 5.18. The average Bonchev–Trinajstić information content (AvgIpc) is 3.27. The van der Waals surface area contributed by atoms with E-state index < -0.39 is 35.3 Å².